The summed E-state index contributed by atoms with van der Waals surface area (Å²) < 4.78 is 82.4. The molecular formula is C15H12F4N2O3S. The number of pyridine rings is 1. The molecule has 0 bridgehead atoms. The number of sulfonamides is 1. The van der Waals surface area contributed by atoms with Gasteiger partial charge in [0.2, 0.25) is 10.0 Å². The molecule has 2 heterocycles. The molecule has 1 aliphatic heterocycles. The van der Waals surface area contributed by atoms with E-state index in [2.05, 4.69) is 4.98 Å². The number of halogens is 4. The molecule has 134 valence electrons. The van der Waals surface area contributed by atoms with Gasteiger partial charge in [-0.05, 0) is 18.2 Å². The number of ether oxygens (including phenoxy) is 1. The Morgan fingerprint density at radius 2 is 1.84 bits per heavy atom. The zero-order chi connectivity index (χ0) is 18.2. The number of hydrogen-bond donors (Lipinski definition) is 0. The molecule has 0 amide bonds. The second-order valence-electron chi connectivity index (χ2n) is 5.37. The zero-order valence-corrected chi connectivity index (χ0v) is 13.4. The maximum Gasteiger partial charge on any atom is 0.433 e. The highest BCUT2D eigenvalue weighted by Crippen LogP contribution is 2.31. The van der Waals surface area contributed by atoms with Crippen LogP contribution in [0.25, 0.3) is 0 Å². The molecule has 5 nitrogen and oxygen atoms in total. The van der Waals surface area contributed by atoms with Crippen LogP contribution in [-0.2, 0) is 16.2 Å². The van der Waals surface area contributed by atoms with Crippen LogP contribution in [0.1, 0.15) is 5.69 Å². The Kier molecular flexibility index (Phi) is 4.41. The lowest BCUT2D eigenvalue weighted by Crippen LogP contribution is -2.56. The monoisotopic (exact) mass is 376 g/mol. The highest BCUT2D eigenvalue weighted by atomic mass is 32.2. The van der Waals surface area contributed by atoms with E-state index in [1.54, 1.807) is 0 Å². The van der Waals surface area contributed by atoms with E-state index in [9.17, 15) is 26.0 Å². The van der Waals surface area contributed by atoms with E-state index in [4.69, 9.17) is 4.74 Å². The first-order chi connectivity index (χ1) is 11.7. The van der Waals surface area contributed by atoms with Crippen molar-refractivity contribution in [2.24, 2.45) is 0 Å². The molecule has 0 atom stereocenters. The van der Waals surface area contributed by atoms with Crippen LogP contribution >= 0.6 is 0 Å². The standard InChI is InChI=1S/C15H12F4N2O3S/c16-12-3-1-2-4-13(12)25(22,23)21-8-11(9-21)24-10-5-6-20-14(7-10)15(17,18)19/h1-7,11H,8-9H2. The number of rotatable bonds is 4. The number of aromatic nitrogens is 1. The largest absolute Gasteiger partial charge is 0.488 e. The minimum absolute atomic E-state index is 0.0599. The van der Waals surface area contributed by atoms with E-state index in [1.165, 1.54) is 18.2 Å². The average Bonchev–Trinajstić information content (AvgIpc) is 2.50. The summed E-state index contributed by atoms with van der Waals surface area (Å²) in [5, 5.41) is 0. The zero-order valence-electron chi connectivity index (χ0n) is 12.6. The van der Waals surface area contributed by atoms with Gasteiger partial charge >= 0.3 is 6.18 Å². The topological polar surface area (TPSA) is 59.5 Å². The first kappa shape index (κ1) is 17.6. The summed E-state index contributed by atoms with van der Waals surface area (Å²) in [7, 11) is -4.00. The molecule has 1 fully saturated rings. The molecule has 0 aliphatic carbocycles. The smallest absolute Gasteiger partial charge is 0.433 e. The Morgan fingerprint density at radius 1 is 1.16 bits per heavy atom. The molecule has 0 spiro atoms. The molecule has 3 rings (SSSR count). The summed E-state index contributed by atoms with van der Waals surface area (Å²) in [6.07, 6.45) is -4.26. The summed E-state index contributed by atoms with van der Waals surface area (Å²) in [6, 6.07) is 6.96. The molecular weight excluding hydrogens is 364 g/mol. The van der Waals surface area contributed by atoms with Gasteiger partial charge in [0, 0.05) is 12.3 Å². The molecule has 1 saturated heterocycles. The minimum atomic E-state index is -4.60. The van der Waals surface area contributed by atoms with Crippen molar-refractivity contribution in [2.45, 2.75) is 17.2 Å². The van der Waals surface area contributed by atoms with Gasteiger partial charge in [0.25, 0.3) is 0 Å². The quantitative estimate of drug-likeness (QED) is 0.770. The van der Waals surface area contributed by atoms with Gasteiger partial charge in [-0.15, -0.1) is 0 Å². The molecule has 25 heavy (non-hydrogen) atoms. The molecule has 0 saturated carbocycles. The van der Waals surface area contributed by atoms with Gasteiger partial charge in [-0.25, -0.2) is 12.8 Å². The molecule has 1 aromatic heterocycles. The van der Waals surface area contributed by atoms with Crippen molar-refractivity contribution in [2.75, 3.05) is 13.1 Å². The van der Waals surface area contributed by atoms with Gasteiger partial charge < -0.3 is 4.74 Å². The summed E-state index contributed by atoms with van der Waals surface area (Å²) in [6.45, 7) is -0.166. The Bertz CT molecular complexity index is 880. The Hall–Kier alpha value is -2.20. The van der Waals surface area contributed by atoms with Gasteiger partial charge in [0.15, 0.2) is 0 Å². The fraction of sp³-hybridized carbons (Fsp3) is 0.267. The van der Waals surface area contributed by atoms with Crippen molar-refractivity contribution < 1.29 is 30.7 Å². The number of benzene rings is 1. The van der Waals surface area contributed by atoms with Gasteiger partial charge in [-0.3, -0.25) is 4.98 Å². The van der Waals surface area contributed by atoms with Crippen LogP contribution in [0.5, 0.6) is 5.75 Å². The number of nitrogens with zero attached hydrogens (tertiary/aromatic N) is 2. The van der Waals surface area contributed by atoms with Crippen molar-refractivity contribution in [1.29, 1.82) is 0 Å². The van der Waals surface area contributed by atoms with Crippen molar-refractivity contribution in [3.05, 3.63) is 54.1 Å². The van der Waals surface area contributed by atoms with E-state index in [0.29, 0.717) is 0 Å². The second-order valence-corrected chi connectivity index (χ2v) is 7.27. The Labute approximate surface area is 140 Å². The van der Waals surface area contributed by atoms with Crippen LogP contribution < -0.4 is 4.74 Å². The van der Waals surface area contributed by atoms with E-state index < -0.39 is 38.7 Å². The summed E-state index contributed by atoms with van der Waals surface area (Å²) >= 11 is 0. The first-order valence-electron chi connectivity index (χ1n) is 7.12. The van der Waals surface area contributed by atoms with Crippen molar-refractivity contribution >= 4 is 10.0 Å². The van der Waals surface area contributed by atoms with Crippen molar-refractivity contribution in [1.82, 2.24) is 9.29 Å². The fourth-order valence-electron chi connectivity index (χ4n) is 2.30. The third kappa shape index (κ3) is 3.59. The molecule has 1 aliphatic rings. The third-order valence-electron chi connectivity index (χ3n) is 3.59. The molecule has 1 aromatic carbocycles. The van der Waals surface area contributed by atoms with E-state index in [-0.39, 0.29) is 18.8 Å². The van der Waals surface area contributed by atoms with Gasteiger partial charge in [0.1, 0.15) is 28.3 Å². The van der Waals surface area contributed by atoms with Crippen molar-refractivity contribution in [3.63, 3.8) is 0 Å². The van der Waals surface area contributed by atoms with Gasteiger partial charge in [0.05, 0.1) is 13.1 Å². The lowest BCUT2D eigenvalue weighted by atomic mass is 10.2. The van der Waals surface area contributed by atoms with Crippen LogP contribution in [0.2, 0.25) is 0 Å². The van der Waals surface area contributed by atoms with Crippen LogP contribution in [0.3, 0.4) is 0 Å². The predicted octanol–water partition coefficient (Wildman–Crippen LogP) is 2.69. The SMILES string of the molecule is O=S(=O)(c1ccccc1F)N1CC(Oc2ccnc(C(F)(F)F)c2)C1. The number of hydrogen-bond acceptors (Lipinski definition) is 4. The van der Waals surface area contributed by atoms with Crippen LogP contribution in [-0.4, -0.2) is 36.9 Å². The fourth-order valence-corrected chi connectivity index (χ4v) is 3.86. The molecule has 0 radical (unpaired) electrons. The van der Waals surface area contributed by atoms with Crippen molar-refractivity contribution in [3.8, 4) is 5.75 Å². The highest BCUT2D eigenvalue weighted by molar-refractivity contribution is 7.89. The third-order valence-corrected chi connectivity index (χ3v) is 5.46. The van der Waals surface area contributed by atoms with E-state index in [1.807, 2.05) is 0 Å². The predicted molar refractivity (Wildman–Crippen MR) is 78.8 cm³/mol. The lowest BCUT2D eigenvalue weighted by molar-refractivity contribution is -0.141. The first-order valence-corrected chi connectivity index (χ1v) is 8.56. The normalized spacial score (nSPS) is 16.5. The maximum atomic E-state index is 13.7. The van der Waals surface area contributed by atoms with Crippen LogP contribution in [0.15, 0.2) is 47.5 Å². The van der Waals surface area contributed by atoms with Gasteiger partial charge in [-0.1, -0.05) is 12.1 Å². The molecule has 0 N–H and O–H groups in total. The summed E-state index contributed by atoms with van der Waals surface area (Å²) in [5.41, 5.74) is -1.10. The Balaban J connectivity index is 1.66. The lowest BCUT2D eigenvalue weighted by Gasteiger charge is -2.37. The van der Waals surface area contributed by atoms with Crippen LogP contribution in [0.4, 0.5) is 17.6 Å². The second kappa shape index (κ2) is 6.26. The summed E-state index contributed by atoms with van der Waals surface area (Å²) in [4.78, 5) is 2.76. The van der Waals surface area contributed by atoms with Crippen LogP contribution in [0, 0.1) is 5.82 Å². The number of alkyl halides is 3. The molecule has 0 unspecified atom stereocenters. The maximum absolute atomic E-state index is 13.7. The minimum Gasteiger partial charge on any atom is -0.488 e. The Morgan fingerprint density at radius 3 is 2.48 bits per heavy atom. The van der Waals surface area contributed by atoms with E-state index in [0.717, 1.165) is 28.7 Å². The molecule has 2 aromatic rings. The molecule has 10 heteroatoms. The average molecular weight is 376 g/mol. The van der Waals surface area contributed by atoms with Gasteiger partial charge in [-0.2, -0.15) is 17.5 Å². The summed E-state index contributed by atoms with van der Waals surface area (Å²) in [5.74, 6) is -0.925. The highest BCUT2D eigenvalue weighted by Gasteiger charge is 2.39. The van der Waals surface area contributed by atoms with E-state index >= 15 is 0 Å².